The number of nitrogen functional groups attached to an aromatic ring is 2. The highest BCUT2D eigenvalue weighted by atomic mass is 14.5. The maximum atomic E-state index is 6.10. The first kappa shape index (κ1) is 34.8. The lowest BCUT2D eigenvalue weighted by Gasteiger charge is -2.45. The van der Waals surface area contributed by atoms with Crippen molar-refractivity contribution in [3.05, 3.63) is 129 Å². The van der Waals surface area contributed by atoms with Crippen LogP contribution in [0, 0.1) is 19.8 Å². The minimum atomic E-state index is 0.0307. The molecule has 1 saturated carbocycles. The Hall–Kier alpha value is -3.52. The summed E-state index contributed by atoms with van der Waals surface area (Å²) in [5.41, 5.74) is 24.9. The summed E-state index contributed by atoms with van der Waals surface area (Å²) in [6, 6.07) is 32.4. The second-order valence-electron chi connectivity index (χ2n) is 14.7. The van der Waals surface area contributed by atoms with E-state index in [9.17, 15) is 0 Å². The van der Waals surface area contributed by atoms with Crippen molar-refractivity contribution in [1.82, 2.24) is 0 Å². The SMILES string of the molecule is CCCCCCCCC(c1ccc(C(C)c2ccc(N)cc2C)cc1)(c1ccc(C(C)c2ccc(N)cc2C)cc1)C1CCCCC1. The Morgan fingerprint density at radius 2 is 1.04 bits per heavy atom. The number of hydrogen-bond acceptors (Lipinski definition) is 2. The molecule has 2 atom stereocenters. The summed E-state index contributed by atoms with van der Waals surface area (Å²) in [4.78, 5) is 0. The van der Waals surface area contributed by atoms with Crippen LogP contribution in [0.5, 0.6) is 0 Å². The third-order valence-electron chi connectivity index (χ3n) is 11.6. The fourth-order valence-corrected chi connectivity index (χ4v) is 8.78. The van der Waals surface area contributed by atoms with E-state index in [-0.39, 0.29) is 5.41 Å². The lowest BCUT2D eigenvalue weighted by atomic mass is 9.59. The third kappa shape index (κ3) is 7.97. The van der Waals surface area contributed by atoms with Gasteiger partial charge in [-0.15, -0.1) is 0 Å². The van der Waals surface area contributed by atoms with Gasteiger partial charge in [0.15, 0.2) is 0 Å². The minimum Gasteiger partial charge on any atom is -0.399 e. The summed E-state index contributed by atoms with van der Waals surface area (Å²) >= 11 is 0. The fraction of sp³-hybridized carbons (Fsp3) is 0.467. The number of nitrogens with two attached hydrogens (primary N) is 2. The summed E-state index contributed by atoms with van der Waals surface area (Å²) in [5.74, 6) is 1.31. The van der Waals surface area contributed by atoms with Gasteiger partial charge >= 0.3 is 0 Å². The molecule has 2 nitrogen and oxygen atoms in total. The first-order valence-electron chi connectivity index (χ1n) is 18.7. The average Bonchev–Trinajstić information content (AvgIpc) is 3.08. The predicted molar refractivity (Wildman–Crippen MR) is 204 cm³/mol. The first-order valence-corrected chi connectivity index (χ1v) is 18.7. The monoisotopic (exact) mass is 628 g/mol. The van der Waals surface area contributed by atoms with Crippen LogP contribution in [0.1, 0.15) is 154 Å². The molecule has 2 unspecified atom stereocenters. The van der Waals surface area contributed by atoms with E-state index in [1.54, 1.807) is 0 Å². The lowest BCUT2D eigenvalue weighted by Crippen LogP contribution is -2.38. The smallest absolute Gasteiger partial charge is 0.0316 e. The number of aryl methyl sites for hydroxylation is 2. The molecule has 47 heavy (non-hydrogen) atoms. The fourth-order valence-electron chi connectivity index (χ4n) is 8.78. The second kappa shape index (κ2) is 16.1. The minimum absolute atomic E-state index is 0.0307. The van der Waals surface area contributed by atoms with Gasteiger partial charge in [0.25, 0.3) is 0 Å². The zero-order chi connectivity index (χ0) is 33.4. The molecule has 0 radical (unpaired) electrons. The molecule has 4 aromatic carbocycles. The molecule has 4 N–H and O–H groups in total. The average molecular weight is 629 g/mol. The maximum Gasteiger partial charge on any atom is 0.0316 e. The zero-order valence-electron chi connectivity index (χ0n) is 30.0. The van der Waals surface area contributed by atoms with Gasteiger partial charge in [0.2, 0.25) is 0 Å². The summed E-state index contributed by atoms with van der Waals surface area (Å²) in [5, 5.41) is 0. The molecule has 2 heteroatoms. The van der Waals surface area contributed by atoms with Gasteiger partial charge in [-0.3, -0.25) is 0 Å². The first-order chi connectivity index (χ1) is 22.7. The Labute approximate surface area is 286 Å². The van der Waals surface area contributed by atoms with E-state index in [1.165, 1.54) is 122 Å². The Morgan fingerprint density at radius 3 is 1.49 bits per heavy atom. The normalized spacial score (nSPS) is 16.4. The predicted octanol–water partition coefficient (Wildman–Crippen LogP) is 12.4. The second-order valence-corrected chi connectivity index (χ2v) is 14.7. The Balaban J connectivity index is 1.53. The van der Waals surface area contributed by atoms with Crippen LogP contribution in [-0.2, 0) is 5.41 Å². The molecule has 0 aliphatic heterocycles. The largest absolute Gasteiger partial charge is 0.399 e. The highest BCUT2D eigenvalue weighted by Gasteiger charge is 2.42. The van der Waals surface area contributed by atoms with Crippen molar-refractivity contribution in [2.45, 2.75) is 129 Å². The number of rotatable bonds is 14. The summed E-state index contributed by atoms with van der Waals surface area (Å²) in [6.45, 7) is 11.3. The van der Waals surface area contributed by atoms with Gasteiger partial charge in [0, 0.05) is 28.6 Å². The molecule has 1 aliphatic carbocycles. The van der Waals surface area contributed by atoms with Gasteiger partial charge in [0.05, 0.1) is 0 Å². The Kier molecular flexibility index (Phi) is 11.9. The van der Waals surface area contributed by atoms with Gasteiger partial charge in [-0.05, 0) is 108 Å². The van der Waals surface area contributed by atoms with Crippen molar-refractivity contribution in [1.29, 1.82) is 0 Å². The van der Waals surface area contributed by atoms with E-state index in [1.807, 2.05) is 12.1 Å². The van der Waals surface area contributed by atoms with Crippen LogP contribution in [0.4, 0.5) is 11.4 Å². The van der Waals surface area contributed by atoms with Gasteiger partial charge < -0.3 is 11.5 Å². The topological polar surface area (TPSA) is 52.0 Å². The molecule has 0 bridgehead atoms. The molecule has 1 fully saturated rings. The number of unbranched alkanes of at least 4 members (excludes halogenated alkanes) is 5. The number of anilines is 2. The van der Waals surface area contributed by atoms with E-state index < -0.39 is 0 Å². The highest BCUT2D eigenvalue weighted by molar-refractivity contribution is 5.50. The zero-order valence-corrected chi connectivity index (χ0v) is 30.0. The van der Waals surface area contributed by atoms with E-state index in [2.05, 4.69) is 107 Å². The van der Waals surface area contributed by atoms with Crippen LogP contribution in [-0.4, -0.2) is 0 Å². The van der Waals surface area contributed by atoms with E-state index >= 15 is 0 Å². The van der Waals surface area contributed by atoms with Crippen molar-refractivity contribution in [3.63, 3.8) is 0 Å². The Morgan fingerprint density at radius 1 is 0.596 bits per heavy atom. The van der Waals surface area contributed by atoms with Crippen LogP contribution in [0.3, 0.4) is 0 Å². The third-order valence-corrected chi connectivity index (χ3v) is 11.6. The molecule has 1 aliphatic rings. The van der Waals surface area contributed by atoms with Crippen LogP contribution in [0.25, 0.3) is 0 Å². The standard InChI is InChI=1S/C45H60N2/c1-6-7-8-9-10-14-29-45(38-15-12-11-13-16-38,39-21-17-36(18-22-39)34(4)43-27-25-41(46)30-32(43)2)40-23-19-37(20-24-40)35(5)44-28-26-42(47)31-33(44)3/h17-28,30-31,34-35,38H,6-16,29,46-47H2,1-5H3. The summed E-state index contributed by atoms with van der Waals surface area (Å²) in [7, 11) is 0. The van der Waals surface area contributed by atoms with E-state index in [0.29, 0.717) is 17.8 Å². The molecule has 5 rings (SSSR count). The van der Waals surface area contributed by atoms with Gasteiger partial charge in [-0.1, -0.05) is 139 Å². The quantitative estimate of drug-likeness (QED) is 0.108. The number of benzene rings is 4. The molecule has 250 valence electrons. The van der Waals surface area contributed by atoms with Crippen molar-refractivity contribution >= 4 is 11.4 Å². The number of hydrogen-bond donors (Lipinski definition) is 2. The van der Waals surface area contributed by atoms with Crippen LogP contribution >= 0.6 is 0 Å². The molecular weight excluding hydrogens is 569 g/mol. The van der Waals surface area contributed by atoms with Crippen LogP contribution in [0.15, 0.2) is 84.9 Å². The molecular formula is C45H60N2. The summed E-state index contributed by atoms with van der Waals surface area (Å²) < 4.78 is 0. The Bertz CT molecular complexity index is 1460. The molecule has 0 heterocycles. The molecule has 0 amide bonds. The molecule has 0 aromatic heterocycles. The van der Waals surface area contributed by atoms with E-state index in [4.69, 9.17) is 11.5 Å². The van der Waals surface area contributed by atoms with Crippen molar-refractivity contribution < 1.29 is 0 Å². The lowest BCUT2D eigenvalue weighted by molar-refractivity contribution is 0.220. The van der Waals surface area contributed by atoms with Crippen molar-refractivity contribution in [3.8, 4) is 0 Å². The maximum absolute atomic E-state index is 6.10. The van der Waals surface area contributed by atoms with Gasteiger partial charge in [0.1, 0.15) is 0 Å². The summed E-state index contributed by atoms with van der Waals surface area (Å²) in [6.07, 6.45) is 15.9. The van der Waals surface area contributed by atoms with E-state index in [0.717, 1.165) is 11.4 Å². The van der Waals surface area contributed by atoms with Gasteiger partial charge in [-0.2, -0.15) is 0 Å². The van der Waals surface area contributed by atoms with Gasteiger partial charge in [-0.25, -0.2) is 0 Å². The van der Waals surface area contributed by atoms with Crippen molar-refractivity contribution in [2.75, 3.05) is 11.5 Å². The van der Waals surface area contributed by atoms with Crippen LogP contribution < -0.4 is 11.5 Å². The molecule has 0 saturated heterocycles. The van der Waals surface area contributed by atoms with Crippen molar-refractivity contribution in [2.24, 2.45) is 5.92 Å². The molecule has 4 aromatic rings. The molecule has 0 spiro atoms. The van der Waals surface area contributed by atoms with Crippen LogP contribution in [0.2, 0.25) is 0 Å². The highest BCUT2D eigenvalue weighted by Crippen LogP contribution is 2.50.